The highest BCUT2D eigenvalue weighted by Crippen LogP contribution is 2.63. The molecule has 65 heavy (non-hydrogen) atoms. The van der Waals surface area contributed by atoms with Crippen molar-refractivity contribution in [2.24, 2.45) is 5.92 Å². The van der Waals surface area contributed by atoms with Crippen LogP contribution in [-0.2, 0) is 38.9 Å². The van der Waals surface area contributed by atoms with Gasteiger partial charge in [-0.1, -0.05) is 56.5 Å². The molecule has 0 radical (unpaired) electrons. The van der Waals surface area contributed by atoms with E-state index in [0.29, 0.717) is 25.0 Å². The third-order valence-corrected chi connectivity index (χ3v) is 16.2. The number of benzene rings is 3. The molecule has 2 bridgehead atoms. The fourth-order valence-electron chi connectivity index (χ4n) is 12.8. The van der Waals surface area contributed by atoms with E-state index in [2.05, 4.69) is 68.3 Å². The van der Waals surface area contributed by atoms with E-state index in [9.17, 15) is 4.79 Å². The van der Waals surface area contributed by atoms with Gasteiger partial charge in [-0.15, -0.1) is 0 Å². The van der Waals surface area contributed by atoms with Crippen LogP contribution in [0.15, 0.2) is 67.3 Å². The number of carbonyl (C=O) groups excluding carboxylic acids is 1. The maximum absolute atomic E-state index is 13.2. The second kappa shape index (κ2) is 20.0. The molecule has 3 heterocycles. The number of ether oxygens (including phenoxy) is 8. The van der Waals surface area contributed by atoms with Crippen LogP contribution in [0, 0.1) is 5.92 Å². The summed E-state index contributed by atoms with van der Waals surface area (Å²) < 4.78 is 49.0. The highest BCUT2D eigenvalue weighted by Gasteiger charge is 2.68. The number of unbranched alkanes of at least 4 members (excludes halogenated alkanes) is 6. The molecule has 2 aliphatic carbocycles. The Morgan fingerprint density at radius 2 is 1.48 bits per heavy atom. The van der Waals surface area contributed by atoms with E-state index in [1.807, 2.05) is 6.07 Å². The number of methoxy groups -OCH3 is 6. The minimum absolute atomic E-state index is 0.0748. The molecule has 1 saturated heterocycles. The second-order valence-electron chi connectivity index (χ2n) is 19.4. The minimum Gasteiger partial charge on any atom is -0.493 e. The number of likely N-dealkylation sites (N-methyl/N-ethyl adjacent to an activating group) is 1. The van der Waals surface area contributed by atoms with Crippen LogP contribution in [0.5, 0.6) is 34.5 Å². The molecule has 3 aromatic carbocycles. The predicted molar refractivity (Wildman–Crippen MR) is 253 cm³/mol. The van der Waals surface area contributed by atoms with Gasteiger partial charge in [-0.3, -0.25) is 4.79 Å². The number of hydrogen-bond donors (Lipinski definition) is 0. The number of quaternary nitrogens is 2. The fourth-order valence-corrected chi connectivity index (χ4v) is 12.8. The van der Waals surface area contributed by atoms with Crippen LogP contribution in [0.3, 0.4) is 0 Å². The zero-order valence-corrected chi connectivity index (χ0v) is 40.2. The lowest BCUT2D eigenvalue weighted by molar-refractivity contribution is -0.954. The highest BCUT2D eigenvalue weighted by atomic mass is 16.6. The van der Waals surface area contributed by atoms with Crippen molar-refractivity contribution in [1.29, 1.82) is 0 Å². The first-order chi connectivity index (χ1) is 31.6. The van der Waals surface area contributed by atoms with E-state index in [1.54, 1.807) is 42.7 Å². The Hall–Kier alpha value is -4.71. The first-order valence-electron chi connectivity index (χ1n) is 24.1. The van der Waals surface area contributed by atoms with Crippen molar-refractivity contribution in [2.45, 2.75) is 107 Å². The van der Waals surface area contributed by atoms with Crippen molar-refractivity contribution >= 4 is 5.97 Å². The Morgan fingerprint density at radius 3 is 2.20 bits per heavy atom. The summed E-state index contributed by atoms with van der Waals surface area (Å²) in [4.78, 5) is 13.2. The van der Waals surface area contributed by atoms with Crippen molar-refractivity contribution in [2.75, 3.05) is 89.0 Å². The van der Waals surface area contributed by atoms with Crippen LogP contribution in [0.25, 0.3) is 0 Å². The molecule has 0 saturated carbocycles. The SMILES string of the molecule is C=CC[N+]1(CCCCCCCCCOC(=O)CC[N+]2(C)CCC34c5c6ccc(OC)c5OC3[C@@H](OC)C=CC4[C@H]2C6)CCc2cc(OC)c(OC)cc2[C@H]1Cc1ccc(OC)c(OC)c1. The summed E-state index contributed by atoms with van der Waals surface area (Å²) in [5.41, 5.74) is 6.42. The summed E-state index contributed by atoms with van der Waals surface area (Å²) >= 11 is 0. The van der Waals surface area contributed by atoms with Crippen molar-refractivity contribution < 1.29 is 51.7 Å². The Labute approximate surface area is 387 Å². The molecule has 5 unspecified atom stereocenters. The molecular formula is C54H74N2O9+2. The van der Waals surface area contributed by atoms with Gasteiger partial charge in [0.2, 0.25) is 0 Å². The van der Waals surface area contributed by atoms with Gasteiger partial charge in [0.25, 0.3) is 0 Å². The Kier molecular flexibility index (Phi) is 14.4. The fraction of sp³-hybridized carbons (Fsp3) is 0.574. The van der Waals surface area contributed by atoms with E-state index < -0.39 is 0 Å². The quantitative estimate of drug-likeness (QED) is 0.0401. The molecular weight excluding hydrogens is 821 g/mol. The monoisotopic (exact) mass is 895 g/mol. The molecule has 11 nitrogen and oxygen atoms in total. The Morgan fingerprint density at radius 1 is 0.785 bits per heavy atom. The second-order valence-corrected chi connectivity index (χ2v) is 19.4. The lowest BCUT2D eigenvalue weighted by atomic mass is 9.52. The lowest BCUT2D eigenvalue weighted by Crippen LogP contribution is -2.71. The molecule has 352 valence electrons. The first-order valence-corrected chi connectivity index (χ1v) is 24.1. The maximum Gasteiger partial charge on any atom is 0.311 e. The average molecular weight is 895 g/mol. The molecule has 3 aromatic rings. The third kappa shape index (κ3) is 8.73. The summed E-state index contributed by atoms with van der Waals surface area (Å²) in [6, 6.07) is 15.5. The van der Waals surface area contributed by atoms with Gasteiger partial charge in [-0.05, 0) is 72.4 Å². The highest BCUT2D eigenvalue weighted by molar-refractivity contribution is 5.69. The predicted octanol–water partition coefficient (Wildman–Crippen LogP) is 8.91. The number of esters is 1. The summed E-state index contributed by atoms with van der Waals surface area (Å²) in [5.74, 6) is 4.98. The van der Waals surface area contributed by atoms with Gasteiger partial charge >= 0.3 is 5.97 Å². The number of piperidine rings is 1. The van der Waals surface area contributed by atoms with Gasteiger partial charge in [-0.25, -0.2) is 0 Å². The number of rotatable bonds is 23. The summed E-state index contributed by atoms with van der Waals surface area (Å²) in [6.07, 6.45) is 18.6. The maximum atomic E-state index is 13.2. The molecule has 3 aliphatic heterocycles. The van der Waals surface area contributed by atoms with Gasteiger partial charge in [0.05, 0.1) is 93.8 Å². The standard InChI is InChI=1S/C54H74N2O9/c1-9-26-56(29-23-38-35-48(62-7)49(63-8)36-40(38)42(56)32-37-17-20-44(58-3)47(33-37)61-6)27-15-13-11-10-12-14-16-31-64-50(57)24-28-55(2)30-25-54-41-19-22-46(60-5)53(54)65-52-45(59-4)21-18-39(51(52)54)34-43(41)55/h9,17-22,33,35-36,41-43,46,53H,1,10-16,23-32,34H2,2-8H3/q+2/t41?,42-,43-,46+,53?,54?,55?,56?/m1/s1. The summed E-state index contributed by atoms with van der Waals surface area (Å²) in [5, 5.41) is 0. The number of hydrogen-bond acceptors (Lipinski definition) is 9. The third-order valence-electron chi connectivity index (χ3n) is 16.2. The van der Waals surface area contributed by atoms with Crippen LogP contribution in [0.4, 0.5) is 0 Å². The molecule has 5 aliphatic rings. The van der Waals surface area contributed by atoms with E-state index in [4.69, 9.17) is 37.9 Å². The molecule has 0 N–H and O–H groups in total. The molecule has 8 rings (SSSR count). The van der Waals surface area contributed by atoms with Crippen molar-refractivity contribution in [1.82, 2.24) is 0 Å². The number of carbonyl (C=O) groups is 1. The van der Waals surface area contributed by atoms with E-state index in [0.717, 1.165) is 128 Å². The zero-order valence-electron chi connectivity index (χ0n) is 40.2. The van der Waals surface area contributed by atoms with Gasteiger partial charge in [-0.2, -0.15) is 0 Å². The Balaban J connectivity index is 0.800. The number of likely N-dealkylation sites (tertiary alicyclic amines) is 1. The van der Waals surface area contributed by atoms with Crippen LogP contribution < -0.4 is 28.4 Å². The zero-order chi connectivity index (χ0) is 45.8. The summed E-state index contributed by atoms with van der Waals surface area (Å²) in [6.45, 7) is 9.53. The largest absolute Gasteiger partial charge is 0.493 e. The van der Waals surface area contributed by atoms with E-state index in [1.165, 1.54) is 47.1 Å². The van der Waals surface area contributed by atoms with Crippen molar-refractivity contribution in [3.05, 3.63) is 95.1 Å². The van der Waals surface area contributed by atoms with Gasteiger partial charge in [0, 0.05) is 49.8 Å². The first kappa shape index (κ1) is 46.8. The summed E-state index contributed by atoms with van der Waals surface area (Å²) in [7, 11) is 12.6. The molecule has 1 spiro atoms. The van der Waals surface area contributed by atoms with Gasteiger partial charge in [0.15, 0.2) is 34.5 Å². The average Bonchev–Trinajstić information content (AvgIpc) is 3.68. The Bertz CT molecular complexity index is 2210. The van der Waals surface area contributed by atoms with Crippen molar-refractivity contribution in [3.63, 3.8) is 0 Å². The number of fused-ring (bicyclic) bond motifs is 1. The molecule has 0 aromatic heterocycles. The lowest BCUT2D eigenvalue weighted by Gasteiger charge is -2.60. The number of nitrogens with zero attached hydrogens (tertiary/aromatic N) is 2. The van der Waals surface area contributed by atoms with E-state index in [-0.39, 0.29) is 29.6 Å². The minimum atomic E-state index is -0.132. The van der Waals surface area contributed by atoms with Crippen LogP contribution in [0.1, 0.15) is 91.6 Å². The topological polar surface area (TPSA) is 90.9 Å². The van der Waals surface area contributed by atoms with E-state index >= 15 is 0 Å². The molecule has 1 fully saturated rings. The molecule has 0 amide bonds. The van der Waals surface area contributed by atoms with Crippen LogP contribution >= 0.6 is 0 Å². The smallest absolute Gasteiger partial charge is 0.311 e. The molecule has 11 heteroatoms. The van der Waals surface area contributed by atoms with Crippen molar-refractivity contribution in [3.8, 4) is 34.5 Å². The normalized spacial score (nSPS) is 27.8. The molecule has 8 atom stereocenters. The van der Waals surface area contributed by atoms with Gasteiger partial charge in [0.1, 0.15) is 24.3 Å². The van der Waals surface area contributed by atoms with Crippen LogP contribution in [0.2, 0.25) is 0 Å². The van der Waals surface area contributed by atoms with Crippen LogP contribution in [-0.4, -0.2) is 122 Å². The van der Waals surface area contributed by atoms with Gasteiger partial charge < -0.3 is 46.9 Å².